The van der Waals surface area contributed by atoms with Crippen LogP contribution in [0.3, 0.4) is 0 Å². The molecule has 5 fully saturated rings. The Morgan fingerprint density at radius 1 is 0.960 bits per heavy atom. The van der Waals surface area contributed by atoms with Gasteiger partial charge in [0, 0.05) is 31.7 Å². The third kappa shape index (κ3) is 4.79. The van der Waals surface area contributed by atoms with E-state index in [-0.39, 0.29) is 42.3 Å². The zero-order valence-electron chi connectivity index (χ0n) is 14.6. The standard InChI is InChI=1S/C17H28N4O2.2ClH/c22-15(11-21-3-1-18-2-4-21)19-16(23)20-17-8-12-5-13(9-17)7-14(6-12)10-17;;/h12-14,18H,1-11H2,(H2,19,20,22,23);2*1H. The third-order valence-corrected chi connectivity index (χ3v) is 6.25. The molecule has 4 saturated carbocycles. The molecule has 0 radical (unpaired) electrons. The average Bonchev–Trinajstić information content (AvgIpc) is 2.45. The highest BCUT2D eigenvalue weighted by Crippen LogP contribution is 2.55. The molecule has 4 bridgehead atoms. The van der Waals surface area contributed by atoms with Gasteiger partial charge in [-0.1, -0.05) is 0 Å². The van der Waals surface area contributed by atoms with Crippen molar-refractivity contribution in [2.45, 2.75) is 44.1 Å². The molecule has 5 aliphatic rings. The summed E-state index contributed by atoms with van der Waals surface area (Å²) in [4.78, 5) is 26.5. The molecule has 6 nitrogen and oxygen atoms in total. The first-order valence-corrected chi connectivity index (χ1v) is 9.15. The molecule has 3 N–H and O–H groups in total. The van der Waals surface area contributed by atoms with Gasteiger partial charge < -0.3 is 10.6 Å². The average molecular weight is 393 g/mol. The second-order valence-corrected chi connectivity index (χ2v) is 8.23. The van der Waals surface area contributed by atoms with Crippen LogP contribution in [-0.4, -0.2) is 55.1 Å². The molecule has 8 heteroatoms. The van der Waals surface area contributed by atoms with Crippen LogP contribution in [-0.2, 0) is 4.79 Å². The molecule has 144 valence electrons. The van der Waals surface area contributed by atoms with E-state index in [0.29, 0.717) is 6.54 Å². The van der Waals surface area contributed by atoms with E-state index in [1.165, 1.54) is 19.3 Å². The Labute approximate surface area is 162 Å². The van der Waals surface area contributed by atoms with Crippen LogP contribution in [0.1, 0.15) is 38.5 Å². The Kier molecular flexibility index (Phi) is 6.99. The normalized spacial score (nSPS) is 36.1. The Bertz CT molecular complexity index is 462. The van der Waals surface area contributed by atoms with Crippen LogP contribution < -0.4 is 16.0 Å². The molecule has 0 unspecified atom stereocenters. The number of carbonyl (C=O) groups excluding carboxylic acids is 2. The first-order chi connectivity index (χ1) is 11.1. The first-order valence-electron chi connectivity index (χ1n) is 9.15. The monoisotopic (exact) mass is 392 g/mol. The highest BCUT2D eigenvalue weighted by atomic mass is 35.5. The zero-order chi connectivity index (χ0) is 15.9. The fourth-order valence-corrected chi connectivity index (χ4v) is 5.77. The lowest BCUT2D eigenvalue weighted by Crippen LogP contribution is -2.62. The molecule has 0 aromatic heterocycles. The Balaban J connectivity index is 0.00000113. The highest BCUT2D eigenvalue weighted by molar-refractivity contribution is 5.95. The minimum atomic E-state index is -0.285. The van der Waals surface area contributed by atoms with Crippen molar-refractivity contribution >= 4 is 36.8 Å². The number of nitrogens with zero attached hydrogens (tertiary/aromatic N) is 1. The van der Waals surface area contributed by atoms with Gasteiger partial charge in [-0.3, -0.25) is 15.0 Å². The van der Waals surface area contributed by atoms with E-state index >= 15 is 0 Å². The largest absolute Gasteiger partial charge is 0.332 e. The fraction of sp³-hybridized carbons (Fsp3) is 0.882. The van der Waals surface area contributed by atoms with Gasteiger partial charge in [0.15, 0.2) is 0 Å². The molecule has 0 atom stereocenters. The molecule has 0 spiro atoms. The van der Waals surface area contributed by atoms with Crippen LogP contribution in [0.2, 0.25) is 0 Å². The summed E-state index contributed by atoms with van der Waals surface area (Å²) >= 11 is 0. The van der Waals surface area contributed by atoms with Gasteiger partial charge >= 0.3 is 6.03 Å². The summed E-state index contributed by atoms with van der Waals surface area (Å²) in [5.41, 5.74) is -0.0336. The third-order valence-electron chi connectivity index (χ3n) is 6.25. The smallest absolute Gasteiger partial charge is 0.321 e. The van der Waals surface area contributed by atoms with Crippen molar-refractivity contribution in [2.24, 2.45) is 17.8 Å². The topological polar surface area (TPSA) is 73.5 Å². The van der Waals surface area contributed by atoms with Gasteiger partial charge in [0.2, 0.25) is 5.91 Å². The van der Waals surface area contributed by atoms with Crippen LogP contribution in [0.15, 0.2) is 0 Å². The second kappa shape index (κ2) is 8.42. The number of hydrogen-bond acceptors (Lipinski definition) is 4. The van der Waals surface area contributed by atoms with Crippen LogP contribution in [0.25, 0.3) is 0 Å². The molecule has 3 amide bonds. The number of imide groups is 1. The first kappa shape index (κ1) is 20.7. The van der Waals surface area contributed by atoms with Gasteiger partial charge in [-0.25, -0.2) is 4.79 Å². The SMILES string of the molecule is Cl.Cl.O=C(CN1CCNCC1)NC(=O)NC12CC3CC(CC(C3)C1)C2. The van der Waals surface area contributed by atoms with Crippen molar-refractivity contribution in [3.8, 4) is 0 Å². The summed E-state index contributed by atoms with van der Waals surface area (Å²) < 4.78 is 0. The number of rotatable bonds is 3. The number of carbonyl (C=O) groups is 2. The van der Waals surface area contributed by atoms with E-state index in [1.54, 1.807) is 0 Å². The van der Waals surface area contributed by atoms with Crippen LogP contribution >= 0.6 is 24.8 Å². The zero-order valence-corrected chi connectivity index (χ0v) is 16.2. The maximum Gasteiger partial charge on any atom is 0.321 e. The molecule has 0 aromatic carbocycles. The van der Waals surface area contributed by atoms with E-state index in [9.17, 15) is 9.59 Å². The molecule has 1 aliphatic heterocycles. The van der Waals surface area contributed by atoms with Crippen molar-refractivity contribution < 1.29 is 9.59 Å². The lowest BCUT2D eigenvalue weighted by Gasteiger charge is -2.56. The van der Waals surface area contributed by atoms with Gasteiger partial charge in [-0.15, -0.1) is 24.8 Å². The molecular formula is C17H30Cl2N4O2. The van der Waals surface area contributed by atoms with Crippen molar-refractivity contribution in [2.75, 3.05) is 32.7 Å². The van der Waals surface area contributed by atoms with E-state index in [1.807, 2.05) is 0 Å². The minimum Gasteiger partial charge on any atom is -0.332 e. The number of nitrogens with one attached hydrogen (secondary N) is 3. The van der Waals surface area contributed by atoms with Crippen molar-refractivity contribution in [3.05, 3.63) is 0 Å². The maximum absolute atomic E-state index is 12.3. The molecular weight excluding hydrogens is 363 g/mol. The lowest BCUT2D eigenvalue weighted by atomic mass is 9.53. The number of piperazine rings is 1. The predicted molar refractivity (Wildman–Crippen MR) is 101 cm³/mol. The van der Waals surface area contributed by atoms with E-state index in [0.717, 1.165) is 63.2 Å². The molecule has 4 aliphatic carbocycles. The molecule has 5 rings (SSSR count). The fourth-order valence-electron chi connectivity index (χ4n) is 5.77. The summed E-state index contributed by atoms with van der Waals surface area (Å²) in [7, 11) is 0. The predicted octanol–water partition coefficient (Wildman–Crippen LogP) is 1.53. The quantitative estimate of drug-likeness (QED) is 0.680. The summed E-state index contributed by atoms with van der Waals surface area (Å²) in [6, 6.07) is -0.285. The van der Waals surface area contributed by atoms with Crippen LogP contribution in [0.4, 0.5) is 4.79 Å². The van der Waals surface area contributed by atoms with Gasteiger partial charge in [-0.2, -0.15) is 0 Å². The molecule has 0 aromatic rings. The molecule has 25 heavy (non-hydrogen) atoms. The Morgan fingerprint density at radius 2 is 1.48 bits per heavy atom. The number of amides is 3. The minimum absolute atomic E-state index is 0. The molecule has 1 heterocycles. The van der Waals surface area contributed by atoms with Gasteiger partial charge in [-0.05, 0) is 56.3 Å². The van der Waals surface area contributed by atoms with Gasteiger partial charge in [0.25, 0.3) is 0 Å². The summed E-state index contributed by atoms with van der Waals surface area (Å²) in [5.74, 6) is 2.18. The van der Waals surface area contributed by atoms with Crippen molar-refractivity contribution in [1.82, 2.24) is 20.9 Å². The summed E-state index contributed by atoms with van der Waals surface area (Å²) in [5, 5.41) is 9.00. The van der Waals surface area contributed by atoms with Crippen LogP contribution in [0, 0.1) is 17.8 Å². The van der Waals surface area contributed by atoms with Gasteiger partial charge in [0.05, 0.1) is 6.54 Å². The number of halogens is 2. The van der Waals surface area contributed by atoms with Crippen LogP contribution in [0.5, 0.6) is 0 Å². The van der Waals surface area contributed by atoms with Gasteiger partial charge in [0.1, 0.15) is 0 Å². The number of urea groups is 1. The van der Waals surface area contributed by atoms with E-state index in [2.05, 4.69) is 20.9 Å². The lowest BCUT2D eigenvalue weighted by molar-refractivity contribution is -0.121. The number of hydrogen-bond donors (Lipinski definition) is 3. The van der Waals surface area contributed by atoms with Crippen molar-refractivity contribution in [3.63, 3.8) is 0 Å². The second-order valence-electron chi connectivity index (χ2n) is 8.23. The van der Waals surface area contributed by atoms with Crippen molar-refractivity contribution in [1.29, 1.82) is 0 Å². The Hall–Kier alpha value is -0.560. The molecule has 1 saturated heterocycles. The highest BCUT2D eigenvalue weighted by Gasteiger charge is 2.51. The Morgan fingerprint density at radius 3 is 2.00 bits per heavy atom. The van der Waals surface area contributed by atoms with E-state index < -0.39 is 0 Å². The van der Waals surface area contributed by atoms with E-state index in [4.69, 9.17) is 0 Å². The summed E-state index contributed by atoms with van der Waals surface area (Å²) in [6.45, 7) is 3.86. The maximum atomic E-state index is 12.3. The summed E-state index contributed by atoms with van der Waals surface area (Å²) in [6.07, 6.45) is 7.38.